The normalized spacial score (nSPS) is 13.6. The monoisotopic (exact) mass is 314 g/mol. The predicted molar refractivity (Wildman–Crippen MR) is 73.8 cm³/mol. The van der Waals surface area contributed by atoms with Crippen molar-refractivity contribution >= 4 is 10.0 Å². The zero-order valence-electron chi connectivity index (χ0n) is 12.3. The van der Waals surface area contributed by atoms with Crippen molar-refractivity contribution in [3.63, 3.8) is 0 Å². The van der Waals surface area contributed by atoms with Crippen LogP contribution in [0.4, 0.5) is 0 Å². The van der Waals surface area contributed by atoms with Crippen LogP contribution in [0.1, 0.15) is 35.9 Å². The van der Waals surface area contributed by atoms with E-state index in [0.717, 1.165) is 0 Å². The number of rotatable bonds is 5. The second kappa shape index (κ2) is 5.58. The highest BCUT2D eigenvalue weighted by atomic mass is 32.2. The summed E-state index contributed by atoms with van der Waals surface area (Å²) < 4.78 is 34.5. The Bertz CT molecular complexity index is 747. The van der Waals surface area contributed by atoms with Crippen LogP contribution in [-0.2, 0) is 23.7 Å². The number of furan rings is 1. The molecule has 116 valence electrons. The van der Waals surface area contributed by atoms with Crippen molar-refractivity contribution in [3.8, 4) is 0 Å². The fourth-order valence-electron chi connectivity index (χ4n) is 2.27. The molecule has 0 aliphatic rings. The van der Waals surface area contributed by atoms with Gasteiger partial charge in [0.1, 0.15) is 28.6 Å². The lowest BCUT2D eigenvalue weighted by atomic mass is 10.2. The van der Waals surface area contributed by atoms with Gasteiger partial charge >= 0.3 is 0 Å². The van der Waals surface area contributed by atoms with E-state index in [-0.39, 0.29) is 16.2 Å². The number of aryl methyl sites for hydroxylation is 3. The average molecular weight is 314 g/mol. The standard InChI is InChI=1S/C12H18N4O4S/c1-7(12-14-13-6-16(12)4)15-21(18,19)11-9(3)20-8(2)10(11)5-17/h6-7,15,17H,5H2,1-4H3. The molecule has 2 heterocycles. The van der Waals surface area contributed by atoms with Crippen LogP contribution < -0.4 is 4.72 Å². The van der Waals surface area contributed by atoms with Gasteiger partial charge in [0, 0.05) is 12.6 Å². The molecule has 0 radical (unpaired) electrons. The number of nitrogens with one attached hydrogen (secondary N) is 1. The lowest BCUT2D eigenvalue weighted by Gasteiger charge is -2.13. The molecular weight excluding hydrogens is 296 g/mol. The minimum atomic E-state index is -3.84. The van der Waals surface area contributed by atoms with Crippen molar-refractivity contribution in [1.29, 1.82) is 0 Å². The van der Waals surface area contributed by atoms with Crippen molar-refractivity contribution < 1.29 is 17.9 Å². The van der Waals surface area contributed by atoms with Crippen LogP contribution in [0.15, 0.2) is 15.6 Å². The lowest BCUT2D eigenvalue weighted by Crippen LogP contribution is -2.29. The van der Waals surface area contributed by atoms with Crippen molar-refractivity contribution in [1.82, 2.24) is 19.5 Å². The second-order valence-electron chi connectivity index (χ2n) is 4.82. The molecule has 0 amide bonds. The number of aliphatic hydroxyl groups is 1. The smallest absolute Gasteiger partial charge is 0.245 e. The molecule has 21 heavy (non-hydrogen) atoms. The fraction of sp³-hybridized carbons (Fsp3) is 0.500. The maximum absolute atomic E-state index is 12.5. The van der Waals surface area contributed by atoms with Gasteiger partial charge in [0.05, 0.1) is 12.6 Å². The van der Waals surface area contributed by atoms with Crippen LogP contribution in [0.2, 0.25) is 0 Å². The lowest BCUT2D eigenvalue weighted by molar-refractivity contribution is 0.276. The van der Waals surface area contributed by atoms with Crippen LogP contribution in [0.5, 0.6) is 0 Å². The highest BCUT2D eigenvalue weighted by molar-refractivity contribution is 7.89. The molecule has 0 aliphatic carbocycles. The van der Waals surface area contributed by atoms with Crippen LogP contribution in [-0.4, -0.2) is 28.3 Å². The molecule has 9 heteroatoms. The number of aromatic nitrogens is 3. The van der Waals surface area contributed by atoms with Gasteiger partial charge in [0.15, 0.2) is 0 Å². The van der Waals surface area contributed by atoms with E-state index in [4.69, 9.17) is 4.42 Å². The first-order chi connectivity index (χ1) is 9.77. The molecule has 0 aliphatic heterocycles. The quantitative estimate of drug-likeness (QED) is 0.834. The van der Waals surface area contributed by atoms with E-state index in [1.807, 2.05) is 0 Å². The molecule has 1 atom stereocenters. The Hall–Kier alpha value is -1.71. The Balaban J connectivity index is 2.38. The number of hydrogen-bond acceptors (Lipinski definition) is 6. The summed E-state index contributed by atoms with van der Waals surface area (Å²) in [4.78, 5) is -0.0171. The highest BCUT2D eigenvalue weighted by Crippen LogP contribution is 2.27. The molecular formula is C12H18N4O4S. The predicted octanol–water partition coefficient (Wildman–Crippen LogP) is 0.557. The molecule has 2 aromatic heterocycles. The summed E-state index contributed by atoms with van der Waals surface area (Å²) >= 11 is 0. The van der Waals surface area contributed by atoms with Gasteiger partial charge < -0.3 is 14.1 Å². The molecule has 0 saturated heterocycles. The third kappa shape index (κ3) is 2.85. The second-order valence-corrected chi connectivity index (χ2v) is 6.47. The fourth-order valence-corrected chi connectivity index (χ4v) is 3.91. The Labute approximate surface area is 122 Å². The first kappa shape index (κ1) is 15.7. The van der Waals surface area contributed by atoms with Crippen molar-refractivity contribution in [2.45, 2.75) is 38.3 Å². The maximum Gasteiger partial charge on any atom is 0.245 e. The SMILES string of the molecule is Cc1oc(C)c(S(=O)(=O)NC(C)c2nncn2C)c1CO. The zero-order chi connectivity index (χ0) is 15.8. The molecule has 0 saturated carbocycles. The molecule has 2 aromatic rings. The molecule has 0 fully saturated rings. The van der Waals surface area contributed by atoms with E-state index in [0.29, 0.717) is 11.6 Å². The Kier molecular flexibility index (Phi) is 4.17. The summed E-state index contributed by atoms with van der Waals surface area (Å²) in [5, 5.41) is 17.0. The summed E-state index contributed by atoms with van der Waals surface area (Å²) in [6.45, 7) is 4.43. The number of hydrogen-bond donors (Lipinski definition) is 2. The van der Waals surface area contributed by atoms with Gasteiger partial charge in [-0.25, -0.2) is 13.1 Å². The van der Waals surface area contributed by atoms with Gasteiger partial charge in [-0.05, 0) is 20.8 Å². The van der Waals surface area contributed by atoms with Crippen LogP contribution in [0.3, 0.4) is 0 Å². The molecule has 0 bridgehead atoms. The molecule has 1 unspecified atom stereocenters. The van der Waals surface area contributed by atoms with Crippen molar-refractivity contribution in [3.05, 3.63) is 29.2 Å². The maximum atomic E-state index is 12.5. The molecule has 8 nitrogen and oxygen atoms in total. The third-order valence-corrected chi connectivity index (χ3v) is 4.95. The van der Waals surface area contributed by atoms with Crippen LogP contribution in [0.25, 0.3) is 0 Å². The van der Waals surface area contributed by atoms with Crippen LogP contribution >= 0.6 is 0 Å². The van der Waals surface area contributed by atoms with Gasteiger partial charge in [0.2, 0.25) is 10.0 Å². The van der Waals surface area contributed by atoms with E-state index >= 15 is 0 Å². The van der Waals surface area contributed by atoms with Crippen molar-refractivity contribution in [2.75, 3.05) is 0 Å². The number of sulfonamides is 1. The summed E-state index contributed by atoms with van der Waals surface area (Å²) in [7, 11) is -2.11. The van der Waals surface area contributed by atoms with E-state index < -0.39 is 22.7 Å². The summed E-state index contributed by atoms with van der Waals surface area (Å²) in [6.07, 6.45) is 1.49. The van der Waals surface area contributed by atoms with Gasteiger partial charge in [-0.1, -0.05) is 0 Å². The van der Waals surface area contributed by atoms with Gasteiger partial charge in [-0.3, -0.25) is 0 Å². The first-order valence-corrected chi connectivity index (χ1v) is 7.82. The Morgan fingerprint density at radius 1 is 1.43 bits per heavy atom. The van der Waals surface area contributed by atoms with E-state index in [1.54, 1.807) is 32.4 Å². The number of aliphatic hydroxyl groups excluding tert-OH is 1. The summed E-state index contributed by atoms with van der Waals surface area (Å²) in [6, 6.07) is -0.566. The summed E-state index contributed by atoms with van der Waals surface area (Å²) in [5.74, 6) is 1.12. The van der Waals surface area contributed by atoms with E-state index in [9.17, 15) is 13.5 Å². The van der Waals surface area contributed by atoms with E-state index in [2.05, 4.69) is 14.9 Å². The topological polar surface area (TPSA) is 110 Å². The Morgan fingerprint density at radius 3 is 2.62 bits per heavy atom. The minimum Gasteiger partial charge on any atom is -0.465 e. The third-order valence-electron chi connectivity index (χ3n) is 3.22. The molecule has 2 rings (SSSR count). The highest BCUT2D eigenvalue weighted by Gasteiger charge is 2.29. The summed E-state index contributed by atoms with van der Waals surface area (Å²) in [5.41, 5.74) is 0.269. The largest absolute Gasteiger partial charge is 0.465 e. The first-order valence-electron chi connectivity index (χ1n) is 6.34. The van der Waals surface area contributed by atoms with Gasteiger partial charge in [0.25, 0.3) is 0 Å². The van der Waals surface area contributed by atoms with Crippen LogP contribution in [0, 0.1) is 13.8 Å². The average Bonchev–Trinajstić information content (AvgIpc) is 2.91. The van der Waals surface area contributed by atoms with Gasteiger partial charge in [-0.2, -0.15) is 0 Å². The molecule has 2 N–H and O–H groups in total. The molecule has 0 aromatic carbocycles. The minimum absolute atomic E-state index is 0.0171. The van der Waals surface area contributed by atoms with Crippen molar-refractivity contribution in [2.24, 2.45) is 7.05 Å². The Morgan fingerprint density at radius 2 is 2.10 bits per heavy atom. The zero-order valence-corrected chi connectivity index (χ0v) is 13.1. The van der Waals surface area contributed by atoms with E-state index in [1.165, 1.54) is 6.33 Å². The number of nitrogens with zero attached hydrogens (tertiary/aromatic N) is 3. The van der Waals surface area contributed by atoms with Gasteiger partial charge in [-0.15, -0.1) is 10.2 Å². The molecule has 0 spiro atoms.